The van der Waals surface area contributed by atoms with E-state index in [9.17, 15) is 9.59 Å². The Morgan fingerprint density at radius 2 is 2.24 bits per heavy atom. The molecular formula is C11H14N2O3S. The number of ether oxygens (including phenoxy) is 1. The third kappa shape index (κ3) is 2.82. The van der Waals surface area contributed by atoms with Gasteiger partial charge in [0.1, 0.15) is 4.88 Å². The maximum Gasteiger partial charge on any atom is 0.358 e. The first-order valence-corrected chi connectivity index (χ1v) is 6.39. The Kier molecular flexibility index (Phi) is 3.42. The van der Waals surface area contributed by atoms with Crippen molar-refractivity contribution >= 4 is 28.2 Å². The summed E-state index contributed by atoms with van der Waals surface area (Å²) < 4.78 is 4.88. The van der Waals surface area contributed by atoms with E-state index in [4.69, 9.17) is 4.74 Å². The molecule has 0 spiro atoms. The Bertz CT molecular complexity index is 452. The van der Waals surface area contributed by atoms with Crippen LogP contribution in [-0.2, 0) is 4.74 Å². The summed E-state index contributed by atoms with van der Waals surface area (Å²) in [5.74, 6) is -0.688. The molecule has 0 aliphatic heterocycles. The summed E-state index contributed by atoms with van der Waals surface area (Å²) in [6.45, 7) is 3.43. The molecule has 0 amide bonds. The highest BCUT2D eigenvalue weighted by Crippen LogP contribution is 2.30. The van der Waals surface area contributed by atoms with Crippen molar-refractivity contribution in [2.75, 3.05) is 11.9 Å². The van der Waals surface area contributed by atoms with E-state index in [2.05, 4.69) is 10.3 Å². The topological polar surface area (TPSA) is 68.3 Å². The van der Waals surface area contributed by atoms with Gasteiger partial charge in [-0.25, -0.2) is 9.78 Å². The second-order valence-electron chi connectivity index (χ2n) is 3.89. The normalized spacial score (nSPS) is 14.5. The summed E-state index contributed by atoms with van der Waals surface area (Å²) in [4.78, 5) is 27.6. The lowest BCUT2D eigenvalue weighted by atomic mass is 10.3. The Hall–Kier alpha value is -1.43. The van der Waals surface area contributed by atoms with Crippen LogP contribution in [0.2, 0.25) is 0 Å². The first kappa shape index (κ1) is 12.0. The Balaban J connectivity index is 2.23. The van der Waals surface area contributed by atoms with Crippen LogP contribution >= 0.6 is 11.3 Å². The molecule has 0 bridgehead atoms. The van der Waals surface area contributed by atoms with E-state index >= 15 is 0 Å². The molecule has 0 unspecified atom stereocenters. The first-order chi connectivity index (χ1) is 8.11. The number of hydrogen-bond donors (Lipinski definition) is 1. The number of anilines is 1. The number of hydrogen-bond acceptors (Lipinski definition) is 6. The number of esters is 1. The zero-order valence-electron chi connectivity index (χ0n) is 9.78. The molecular weight excluding hydrogens is 240 g/mol. The SMILES string of the molecule is CCOC(=O)c1nc(NC2CC2)sc1C(C)=O. The molecule has 0 saturated heterocycles. The predicted octanol–water partition coefficient (Wildman–Crippen LogP) is 2.10. The Morgan fingerprint density at radius 3 is 2.76 bits per heavy atom. The summed E-state index contributed by atoms with van der Waals surface area (Å²) in [5.41, 5.74) is 0.132. The van der Waals surface area contributed by atoms with E-state index in [1.54, 1.807) is 6.92 Å². The van der Waals surface area contributed by atoms with Gasteiger partial charge in [0, 0.05) is 13.0 Å². The van der Waals surface area contributed by atoms with Crippen molar-refractivity contribution in [3.05, 3.63) is 10.6 Å². The number of carbonyl (C=O) groups excluding carboxylic acids is 2. The lowest BCUT2D eigenvalue weighted by Crippen LogP contribution is -2.09. The summed E-state index contributed by atoms with van der Waals surface area (Å²) in [5, 5.41) is 3.80. The van der Waals surface area contributed by atoms with Crippen LogP contribution in [0.5, 0.6) is 0 Å². The average molecular weight is 254 g/mol. The number of carbonyl (C=O) groups is 2. The zero-order chi connectivity index (χ0) is 12.4. The van der Waals surface area contributed by atoms with Crippen molar-refractivity contribution in [3.8, 4) is 0 Å². The van der Waals surface area contributed by atoms with Crippen LogP contribution in [0, 0.1) is 0 Å². The molecule has 1 N–H and O–H groups in total. The molecule has 1 aromatic heterocycles. The number of nitrogens with zero attached hydrogens (tertiary/aromatic N) is 1. The molecule has 2 rings (SSSR count). The lowest BCUT2D eigenvalue weighted by Gasteiger charge is -1.99. The fourth-order valence-electron chi connectivity index (χ4n) is 1.36. The van der Waals surface area contributed by atoms with Gasteiger partial charge in [0.05, 0.1) is 6.61 Å². The van der Waals surface area contributed by atoms with E-state index in [0.29, 0.717) is 16.1 Å². The number of rotatable bonds is 5. The van der Waals surface area contributed by atoms with E-state index in [-0.39, 0.29) is 18.1 Å². The molecule has 1 aliphatic carbocycles. The summed E-state index contributed by atoms with van der Waals surface area (Å²) >= 11 is 1.22. The second kappa shape index (κ2) is 4.83. The van der Waals surface area contributed by atoms with E-state index in [0.717, 1.165) is 12.8 Å². The van der Waals surface area contributed by atoms with E-state index < -0.39 is 5.97 Å². The molecule has 1 heterocycles. The van der Waals surface area contributed by atoms with Crippen molar-refractivity contribution in [1.29, 1.82) is 0 Å². The second-order valence-corrected chi connectivity index (χ2v) is 4.89. The van der Waals surface area contributed by atoms with Gasteiger partial charge in [-0.05, 0) is 19.8 Å². The largest absolute Gasteiger partial charge is 0.461 e. The quantitative estimate of drug-likeness (QED) is 0.643. The van der Waals surface area contributed by atoms with E-state index in [1.807, 2.05) is 0 Å². The zero-order valence-corrected chi connectivity index (χ0v) is 10.6. The van der Waals surface area contributed by atoms with Crippen molar-refractivity contribution in [3.63, 3.8) is 0 Å². The van der Waals surface area contributed by atoms with Gasteiger partial charge in [-0.1, -0.05) is 11.3 Å². The molecule has 6 heteroatoms. The van der Waals surface area contributed by atoms with Gasteiger partial charge in [0.2, 0.25) is 0 Å². The molecule has 0 radical (unpaired) electrons. The van der Waals surface area contributed by atoms with Crippen LogP contribution in [0.3, 0.4) is 0 Å². The van der Waals surface area contributed by atoms with Gasteiger partial charge in [-0.3, -0.25) is 4.79 Å². The number of ketones is 1. The van der Waals surface area contributed by atoms with Crippen LogP contribution in [0.15, 0.2) is 0 Å². The van der Waals surface area contributed by atoms with Crippen LogP contribution < -0.4 is 5.32 Å². The van der Waals surface area contributed by atoms with Crippen LogP contribution in [0.4, 0.5) is 5.13 Å². The number of aromatic nitrogens is 1. The third-order valence-electron chi connectivity index (χ3n) is 2.32. The molecule has 17 heavy (non-hydrogen) atoms. The molecule has 0 aromatic carbocycles. The monoisotopic (exact) mass is 254 g/mol. The molecule has 1 aliphatic rings. The van der Waals surface area contributed by atoms with Crippen molar-refractivity contribution in [2.24, 2.45) is 0 Å². The fraction of sp³-hybridized carbons (Fsp3) is 0.545. The minimum atomic E-state index is -0.530. The average Bonchev–Trinajstić information content (AvgIpc) is 2.95. The van der Waals surface area contributed by atoms with Crippen LogP contribution in [0.1, 0.15) is 46.8 Å². The summed E-state index contributed by atoms with van der Waals surface area (Å²) in [6, 6.07) is 0.441. The highest BCUT2D eigenvalue weighted by Gasteiger charge is 2.26. The summed E-state index contributed by atoms with van der Waals surface area (Å²) in [6.07, 6.45) is 2.23. The molecule has 1 fully saturated rings. The third-order valence-corrected chi connectivity index (χ3v) is 3.41. The molecule has 5 nitrogen and oxygen atoms in total. The maximum absolute atomic E-state index is 11.6. The number of Topliss-reactive ketones (excluding diaryl/α,β-unsaturated/α-hetero) is 1. The lowest BCUT2D eigenvalue weighted by molar-refractivity contribution is 0.0517. The van der Waals surface area contributed by atoms with Gasteiger partial charge < -0.3 is 10.1 Å². The van der Waals surface area contributed by atoms with Gasteiger partial charge >= 0.3 is 5.97 Å². The fourth-order valence-corrected chi connectivity index (χ4v) is 2.29. The van der Waals surface area contributed by atoms with Gasteiger partial charge in [0.25, 0.3) is 0 Å². The van der Waals surface area contributed by atoms with Crippen LogP contribution in [-0.4, -0.2) is 29.4 Å². The van der Waals surface area contributed by atoms with Crippen molar-refractivity contribution < 1.29 is 14.3 Å². The van der Waals surface area contributed by atoms with Crippen molar-refractivity contribution in [2.45, 2.75) is 32.7 Å². The van der Waals surface area contributed by atoms with Gasteiger partial charge in [0.15, 0.2) is 16.6 Å². The van der Waals surface area contributed by atoms with Gasteiger partial charge in [-0.2, -0.15) is 0 Å². The van der Waals surface area contributed by atoms with Gasteiger partial charge in [-0.15, -0.1) is 0 Å². The van der Waals surface area contributed by atoms with Crippen LogP contribution in [0.25, 0.3) is 0 Å². The molecule has 1 aromatic rings. The number of thiazole rings is 1. The highest BCUT2D eigenvalue weighted by molar-refractivity contribution is 7.17. The minimum absolute atomic E-state index is 0.132. The summed E-state index contributed by atoms with van der Waals surface area (Å²) in [7, 11) is 0. The molecule has 92 valence electrons. The Morgan fingerprint density at radius 1 is 1.53 bits per heavy atom. The van der Waals surface area contributed by atoms with E-state index in [1.165, 1.54) is 18.3 Å². The standard InChI is InChI=1S/C11H14N2O3S/c1-3-16-10(15)8-9(6(2)14)17-11(13-8)12-7-4-5-7/h7H,3-5H2,1-2H3,(H,12,13). The number of nitrogens with one attached hydrogen (secondary N) is 1. The predicted molar refractivity (Wildman–Crippen MR) is 64.7 cm³/mol. The highest BCUT2D eigenvalue weighted by atomic mass is 32.1. The molecule has 1 saturated carbocycles. The Labute approximate surface area is 103 Å². The van der Waals surface area contributed by atoms with Crippen molar-refractivity contribution in [1.82, 2.24) is 4.98 Å². The minimum Gasteiger partial charge on any atom is -0.461 e. The first-order valence-electron chi connectivity index (χ1n) is 5.57. The smallest absolute Gasteiger partial charge is 0.358 e. The molecule has 0 atom stereocenters. The maximum atomic E-state index is 11.6.